The number of fused-ring (bicyclic) bond motifs is 1. The third-order valence-corrected chi connectivity index (χ3v) is 4.66. The van der Waals surface area contributed by atoms with Gasteiger partial charge < -0.3 is 5.73 Å². The summed E-state index contributed by atoms with van der Waals surface area (Å²) >= 11 is 1.34. The van der Waals surface area contributed by atoms with Crippen LogP contribution in [0.25, 0.3) is 32.4 Å². The minimum atomic E-state index is -0.519. The topological polar surface area (TPSA) is 118 Å². The number of nitrogens with two attached hydrogens (primary N) is 1. The van der Waals surface area contributed by atoms with Gasteiger partial charge in [-0.25, -0.2) is 15.0 Å². The van der Waals surface area contributed by atoms with Gasteiger partial charge in [0.05, 0.1) is 29.2 Å². The summed E-state index contributed by atoms with van der Waals surface area (Å²) in [4.78, 5) is 29.6. The molecule has 0 aliphatic heterocycles. The third kappa shape index (κ3) is 2.87. The summed E-state index contributed by atoms with van der Waals surface area (Å²) in [6.07, 6.45) is 3.16. The molecule has 0 radical (unpaired) electrons. The third-order valence-electron chi connectivity index (χ3n) is 3.70. The summed E-state index contributed by atoms with van der Waals surface area (Å²) in [5.74, 6) is -0.519. The monoisotopic (exact) mass is 358 g/mol. The summed E-state index contributed by atoms with van der Waals surface area (Å²) in [7, 11) is 0. The fraction of sp³-hybridized carbons (Fsp3) is 0. The molecule has 0 saturated heterocycles. The van der Waals surface area contributed by atoms with E-state index in [1.54, 1.807) is 30.5 Å². The average Bonchev–Trinajstić information content (AvgIpc) is 3.11. The van der Waals surface area contributed by atoms with E-state index in [0.29, 0.717) is 38.0 Å². The molecule has 26 heavy (non-hydrogen) atoms. The van der Waals surface area contributed by atoms with Gasteiger partial charge in [0, 0.05) is 17.3 Å². The molecule has 3 aromatic heterocycles. The Balaban J connectivity index is 1.75. The molecule has 2 N–H and O–H groups in total. The Labute approximate surface area is 151 Å². The molecular weight excluding hydrogens is 348 g/mol. The van der Waals surface area contributed by atoms with Crippen molar-refractivity contribution in [1.29, 1.82) is 5.26 Å². The first-order valence-electron chi connectivity index (χ1n) is 7.54. The molecule has 8 heteroatoms. The zero-order chi connectivity index (χ0) is 18.1. The minimum absolute atomic E-state index is 0.369. The van der Waals surface area contributed by atoms with E-state index < -0.39 is 5.91 Å². The molecule has 124 valence electrons. The minimum Gasteiger partial charge on any atom is -0.366 e. The van der Waals surface area contributed by atoms with Gasteiger partial charge in [-0.2, -0.15) is 5.26 Å². The normalized spacial score (nSPS) is 10.6. The summed E-state index contributed by atoms with van der Waals surface area (Å²) in [6, 6.07) is 12.4. The number of amides is 1. The van der Waals surface area contributed by atoms with Crippen molar-refractivity contribution in [1.82, 2.24) is 19.9 Å². The van der Waals surface area contributed by atoms with Gasteiger partial charge in [-0.15, -0.1) is 0 Å². The van der Waals surface area contributed by atoms with Crippen LogP contribution in [0.1, 0.15) is 15.9 Å². The predicted octanol–water partition coefficient (Wildman–Crippen LogP) is 2.79. The van der Waals surface area contributed by atoms with Gasteiger partial charge in [0.2, 0.25) is 5.91 Å². The van der Waals surface area contributed by atoms with Crippen LogP contribution < -0.4 is 5.73 Å². The maximum absolute atomic E-state index is 11.3. The first-order valence-corrected chi connectivity index (χ1v) is 8.36. The molecule has 0 unspecified atom stereocenters. The molecule has 0 atom stereocenters. The number of hydrogen-bond acceptors (Lipinski definition) is 7. The number of primary amides is 1. The van der Waals surface area contributed by atoms with Crippen LogP contribution in [0.2, 0.25) is 0 Å². The number of benzene rings is 1. The molecule has 7 nitrogen and oxygen atoms in total. The van der Waals surface area contributed by atoms with Gasteiger partial charge in [0.25, 0.3) is 0 Å². The lowest BCUT2D eigenvalue weighted by molar-refractivity contribution is 0.1000. The molecule has 4 aromatic rings. The summed E-state index contributed by atoms with van der Waals surface area (Å²) in [5.41, 5.74) is 8.88. The molecule has 0 fully saturated rings. The van der Waals surface area contributed by atoms with E-state index >= 15 is 0 Å². The van der Waals surface area contributed by atoms with Gasteiger partial charge in [-0.05, 0) is 24.3 Å². The van der Waals surface area contributed by atoms with Crippen molar-refractivity contribution < 1.29 is 4.79 Å². The number of aromatic nitrogens is 4. The second kappa shape index (κ2) is 6.31. The highest BCUT2D eigenvalue weighted by atomic mass is 32.1. The first-order chi connectivity index (χ1) is 12.6. The number of rotatable bonds is 3. The van der Waals surface area contributed by atoms with E-state index in [9.17, 15) is 4.79 Å². The van der Waals surface area contributed by atoms with Gasteiger partial charge >= 0.3 is 0 Å². The lowest BCUT2D eigenvalue weighted by atomic mass is 10.1. The molecule has 0 aliphatic rings. The van der Waals surface area contributed by atoms with E-state index in [0.717, 1.165) is 5.56 Å². The van der Waals surface area contributed by atoms with Gasteiger partial charge in [-0.3, -0.25) is 9.78 Å². The fourth-order valence-corrected chi connectivity index (χ4v) is 3.25. The highest BCUT2D eigenvalue weighted by Crippen LogP contribution is 2.29. The molecule has 0 bridgehead atoms. The molecule has 1 aromatic carbocycles. The fourth-order valence-electron chi connectivity index (χ4n) is 2.39. The number of thiazole rings is 1. The van der Waals surface area contributed by atoms with Crippen LogP contribution in [0.15, 0.2) is 48.8 Å². The Morgan fingerprint density at radius 2 is 1.88 bits per heavy atom. The summed E-state index contributed by atoms with van der Waals surface area (Å²) in [5, 5.41) is 9.50. The lowest BCUT2D eigenvalue weighted by Crippen LogP contribution is -2.10. The van der Waals surface area contributed by atoms with Crippen molar-refractivity contribution in [2.24, 2.45) is 5.73 Å². The van der Waals surface area contributed by atoms with Crippen LogP contribution in [-0.4, -0.2) is 25.8 Å². The SMILES string of the molecule is N#Cc1ccc(-c2cnc3nc(-c4cc(C(N)=O)ccn4)sc3n2)cc1. The van der Waals surface area contributed by atoms with Crippen LogP contribution in [0.4, 0.5) is 0 Å². The van der Waals surface area contributed by atoms with Crippen molar-refractivity contribution in [3.05, 3.63) is 59.9 Å². The molecule has 3 heterocycles. The van der Waals surface area contributed by atoms with E-state index in [1.807, 2.05) is 12.1 Å². The van der Waals surface area contributed by atoms with Gasteiger partial charge in [0.15, 0.2) is 10.5 Å². The zero-order valence-corrected chi connectivity index (χ0v) is 14.1. The first kappa shape index (κ1) is 15.8. The van der Waals surface area contributed by atoms with Crippen molar-refractivity contribution in [2.45, 2.75) is 0 Å². The van der Waals surface area contributed by atoms with E-state index in [1.165, 1.54) is 17.5 Å². The van der Waals surface area contributed by atoms with Crippen LogP contribution in [0, 0.1) is 11.3 Å². The molecule has 0 spiro atoms. The summed E-state index contributed by atoms with van der Waals surface area (Å²) < 4.78 is 0. The second-order valence-electron chi connectivity index (χ2n) is 5.39. The lowest BCUT2D eigenvalue weighted by Gasteiger charge is -1.99. The van der Waals surface area contributed by atoms with Crippen LogP contribution in [0.5, 0.6) is 0 Å². The highest BCUT2D eigenvalue weighted by molar-refractivity contribution is 7.21. The predicted molar refractivity (Wildman–Crippen MR) is 97.1 cm³/mol. The van der Waals surface area contributed by atoms with Crippen molar-refractivity contribution in [3.8, 4) is 28.0 Å². The molecular formula is C18H10N6OS. The Morgan fingerprint density at radius 1 is 1.08 bits per heavy atom. The van der Waals surface area contributed by atoms with E-state index in [4.69, 9.17) is 11.0 Å². The molecule has 4 rings (SSSR count). The Bertz CT molecular complexity index is 1180. The van der Waals surface area contributed by atoms with Crippen LogP contribution >= 0.6 is 11.3 Å². The van der Waals surface area contributed by atoms with E-state index in [2.05, 4.69) is 26.0 Å². The number of carbonyl (C=O) groups is 1. The van der Waals surface area contributed by atoms with Crippen LogP contribution in [-0.2, 0) is 0 Å². The quantitative estimate of drug-likeness (QED) is 0.601. The molecule has 0 saturated carbocycles. The van der Waals surface area contributed by atoms with Gasteiger partial charge in [0.1, 0.15) is 5.01 Å². The number of carbonyl (C=O) groups excluding carboxylic acids is 1. The van der Waals surface area contributed by atoms with Gasteiger partial charge in [-0.1, -0.05) is 23.5 Å². The Kier molecular flexibility index (Phi) is 3.84. The second-order valence-corrected chi connectivity index (χ2v) is 6.36. The van der Waals surface area contributed by atoms with E-state index in [-0.39, 0.29) is 0 Å². The smallest absolute Gasteiger partial charge is 0.248 e. The number of hydrogen-bond donors (Lipinski definition) is 1. The largest absolute Gasteiger partial charge is 0.366 e. The summed E-state index contributed by atoms with van der Waals surface area (Å²) in [6.45, 7) is 0. The zero-order valence-electron chi connectivity index (χ0n) is 13.2. The number of pyridine rings is 1. The van der Waals surface area contributed by atoms with Crippen molar-refractivity contribution in [3.63, 3.8) is 0 Å². The van der Waals surface area contributed by atoms with Crippen molar-refractivity contribution >= 4 is 27.7 Å². The number of nitriles is 1. The molecule has 1 amide bonds. The number of nitrogens with zero attached hydrogens (tertiary/aromatic N) is 5. The van der Waals surface area contributed by atoms with Crippen molar-refractivity contribution in [2.75, 3.05) is 0 Å². The Hall–Kier alpha value is -3.70. The maximum Gasteiger partial charge on any atom is 0.248 e. The molecule has 0 aliphatic carbocycles. The average molecular weight is 358 g/mol. The standard InChI is InChI=1S/C18H10N6OS/c19-8-10-1-3-11(4-2-10)14-9-22-16-18(23-14)26-17(24-16)13-7-12(15(20)25)5-6-21-13/h1-7,9H,(H2,20,25). The Morgan fingerprint density at radius 3 is 2.62 bits per heavy atom. The maximum atomic E-state index is 11.3. The van der Waals surface area contributed by atoms with Crippen LogP contribution in [0.3, 0.4) is 0 Å². The highest BCUT2D eigenvalue weighted by Gasteiger charge is 2.12.